The minimum Gasteiger partial charge on any atom is -0.494 e. The molecule has 0 atom stereocenters. The molecular weight excluding hydrogens is 346 g/mol. The smallest absolute Gasteiger partial charge is 0.333 e. The predicted octanol–water partition coefficient (Wildman–Crippen LogP) is 2.12. The van der Waals surface area contributed by atoms with E-state index in [0.717, 1.165) is 26.0 Å². The van der Waals surface area contributed by atoms with Gasteiger partial charge in [0.25, 0.3) is 5.56 Å². The summed E-state index contributed by atoms with van der Waals surface area (Å²) in [4.78, 5) is 24.1. The van der Waals surface area contributed by atoms with Crippen LogP contribution in [0.2, 0.25) is 0 Å². The third-order valence-electron chi connectivity index (χ3n) is 4.28. The largest absolute Gasteiger partial charge is 0.494 e. The van der Waals surface area contributed by atoms with Gasteiger partial charge in [0.1, 0.15) is 12.4 Å². The van der Waals surface area contributed by atoms with Crippen LogP contribution in [-0.2, 0) is 27.1 Å². The Labute approximate surface area is 156 Å². The van der Waals surface area contributed by atoms with Crippen molar-refractivity contribution < 1.29 is 9.84 Å². The zero-order valence-electron chi connectivity index (χ0n) is 15.4. The molecule has 0 saturated heterocycles. The Balaban J connectivity index is 0.00000261. The first-order valence-corrected chi connectivity index (χ1v) is 8.21. The Morgan fingerprint density at radius 2 is 1.52 bits per heavy atom. The molecule has 1 heterocycles. The van der Waals surface area contributed by atoms with Crippen molar-refractivity contribution in [3.8, 4) is 11.6 Å². The van der Waals surface area contributed by atoms with E-state index in [4.69, 9.17) is 4.74 Å². The van der Waals surface area contributed by atoms with Crippen molar-refractivity contribution in [2.24, 2.45) is 14.1 Å². The number of hydrogen-bond donors (Lipinski definition) is 2. The quantitative estimate of drug-likeness (QED) is 0.716. The normalized spacial score (nSPS) is 10.3. The van der Waals surface area contributed by atoms with Gasteiger partial charge in [0.15, 0.2) is 0 Å². The second-order valence-corrected chi connectivity index (χ2v) is 6.10. The van der Waals surface area contributed by atoms with Crippen molar-refractivity contribution in [3.05, 3.63) is 92.1 Å². The molecule has 27 heavy (non-hydrogen) atoms. The van der Waals surface area contributed by atoms with Crippen LogP contribution in [0.5, 0.6) is 11.6 Å². The van der Waals surface area contributed by atoms with Gasteiger partial charge in [-0.1, -0.05) is 42.5 Å². The fraction of sp³-hybridized carbons (Fsp3) is 0.200. The molecule has 0 aliphatic rings. The fourth-order valence-corrected chi connectivity index (χ4v) is 2.71. The minimum atomic E-state index is -0.555. The van der Waals surface area contributed by atoms with Crippen molar-refractivity contribution in [2.75, 3.05) is 0 Å². The molecule has 7 nitrogen and oxygen atoms in total. The number of aromatic nitrogens is 2. The van der Waals surface area contributed by atoms with Crippen molar-refractivity contribution in [1.82, 2.24) is 15.3 Å². The van der Waals surface area contributed by atoms with Gasteiger partial charge in [-0.25, -0.2) is 4.79 Å². The van der Waals surface area contributed by atoms with Crippen molar-refractivity contribution in [2.45, 2.75) is 13.0 Å². The number of benzene rings is 2. The van der Waals surface area contributed by atoms with E-state index in [2.05, 4.69) is 0 Å². The molecule has 1 aromatic heterocycles. The fourth-order valence-electron chi connectivity index (χ4n) is 2.71. The van der Waals surface area contributed by atoms with Gasteiger partial charge in [0.05, 0.1) is 5.56 Å². The Morgan fingerprint density at radius 1 is 0.889 bits per heavy atom. The third kappa shape index (κ3) is 4.27. The average molecular weight is 369 g/mol. The van der Waals surface area contributed by atoms with Crippen LogP contribution >= 0.6 is 0 Å². The van der Waals surface area contributed by atoms with Gasteiger partial charge in [-0.15, -0.1) is 0 Å². The number of aromatic hydroxyl groups is 1. The van der Waals surface area contributed by atoms with Crippen LogP contribution in [-0.4, -0.2) is 14.2 Å². The SMILES string of the molecule is Cn1c(O)c(Cc2ccc(OCc3ccccc3)cc2)c(=O)n(C)c1=O.N. The summed E-state index contributed by atoms with van der Waals surface area (Å²) < 4.78 is 7.79. The van der Waals surface area contributed by atoms with Crippen molar-refractivity contribution in [3.63, 3.8) is 0 Å². The van der Waals surface area contributed by atoms with Crippen LogP contribution in [0.1, 0.15) is 16.7 Å². The Hall–Kier alpha value is -3.32. The van der Waals surface area contributed by atoms with E-state index in [1.165, 1.54) is 14.1 Å². The average Bonchev–Trinajstić information content (AvgIpc) is 2.68. The van der Waals surface area contributed by atoms with Crippen LogP contribution in [0.15, 0.2) is 64.2 Å². The highest BCUT2D eigenvalue weighted by atomic mass is 16.5. The summed E-state index contributed by atoms with van der Waals surface area (Å²) in [5.41, 5.74) is 1.06. The molecule has 142 valence electrons. The molecule has 0 aliphatic heterocycles. The van der Waals surface area contributed by atoms with Gasteiger partial charge in [0, 0.05) is 20.5 Å². The monoisotopic (exact) mass is 369 g/mol. The van der Waals surface area contributed by atoms with Crippen LogP contribution in [0.4, 0.5) is 0 Å². The van der Waals surface area contributed by atoms with Gasteiger partial charge >= 0.3 is 5.69 Å². The maximum atomic E-state index is 12.3. The molecule has 0 radical (unpaired) electrons. The lowest BCUT2D eigenvalue weighted by molar-refractivity contribution is 0.306. The van der Waals surface area contributed by atoms with E-state index in [-0.39, 0.29) is 24.0 Å². The topological polar surface area (TPSA) is 108 Å². The Bertz CT molecular complexity index is 1020. The Morgan fingerprint density at radius 3 is 2.15 bits per heavy atom. The summed E-state index contributed by atoms with van der Waals surface area (Å²) >= 11 is 0. The molecule has 0 bridgehead atoms. The number of rotatable bonds is 5. The maximum Gasteiger partial charge on any atom is 0.333 e. The highest BCUT2D eigenvalue weighted by molar-refractivity contribution is 5.34. The number of hydrogen-bond acceptors (Lipinski definition) is 5. The summed E-state index contributed by atoms with van der Waals surface area (Å²) in [6.07, 6.45) is 0.228. The molecule has 0 aliphatic carbocycles. The molecule has 0 saturated carbocycles. The van der Waals surface area contributed by atoms with E-state index >= 15 is 0 Å². The molecule has 0 fully saturated rings. The molecule has 4 N–H and O–H groups in total. The maximum absolute atomic E-state index is 12.3. The number of nitrogens with zero attached hydrogens (tertiary/aromatic N) is 2. The van der Waals surface area contributed by atoms with Crippen LogP contribution in [0.3, 0.4) is 0 Å². The lowest BCUT2D eigenvalue weighted by atomic mass is 10.1. The van der Waals surface area contributed by atoms with Gasteiger partial charge in [0.2, 0.25) is 5.88 Å². The number of ether oxygens (including phenoxy) is 1. The second kappa shape index (κ2) is 8.37. The van der Waals surface area contributed by atoms with E-state index in [1.54, 1.807) is 0 Å². The first-order valence-electron chi connectivity index (χ1n) is 8.21. The molecule has 3 aromatic rings. The van der Waals surface area contributed by atoms with E-state index < -0.39 is 11.2 Å². The van der Waals surface area contributed by atoms with Gasteiger partial charge < -0.3 is 16.0 Å². The summed E-state index contributed by atoms with van der Waals surface area (Å²) in [5.74, 6) is 0.415. The minimum absolute atomic E-state index is 0. The van der Waals surface area contributed by atoms with Crippen LogP contribution in [0.25, 0.3) is 0 Å². The van der Waals surface area contributed by atoms with Crippen molar-refractivity contribution >= 4 is 0 Å². The van der Waals surface area contributed by atoms with E-state index in [1.807, 2.05) is 54.6 Å². The van der Waals surface area contributed by atoms with E-state index in [9.17, 15) is 14.7 Å². The lowest BCUT2D eigenvalue weighted by Crippen LogP contribution is -2.38. The second-order valence-electron chi connectivity index (χ2n) is 6.10. The molecule has 0 spiro atoms. The van der Waals surface area contributed by atoms with Gasteiger partial charge in [-0.2, -0.15) is 0 Å². The molecule has 0 amide bonds. The highest BCUT2D eigenvalue weighted by Gasteiger charge is 2.15. The van der Waals surface area contributed by atoms with Crippen LogP contribution < -0.4 is 22.1 Å². The first kappa shape index (κ1) is 20.0. The van der Waals surface area contributed by atoms with Crippen LogP contribution in [0, 0.1) is 0 Å². The third-order valence-corrected chi connectivity index (χ3v) is 4.28. The zero-order chi connectivity index (χ0) is 18.7. The van der Waals surface area contributed by atoms with E-state index in [0.29, 0.717) is 6.61 Å². The summed E-state index contributed by atoms with van der Waals surface area (Å²) in [6.45, 7) is 0.475. The summed E-state index contributed by atoms with van der Waals surface area (Å²) in [5, 5.41) is 10.1. The zero-order valence-corrected chi connectivity index (χ0v) is 15.4. The highest BCUT2D eigenvalue weighted by Crippen LogP contribution is 2.18. The molecule has 3 rings (SSSR count). The molecule has 0 unspecified atom stereocenters. The van der Waals surface area contributed by atoms with Gasteiger partial charge in [-0.05, 0) is 23.3 Å². The Kier molecular flexibility index (Phi) is 6.20. The van der Waals surface area contributed by atoms with Crippen molar-refractivity contribution in [1.29, 1.82) is 0 Å². The molecule has 7 heteroatoms. The summed E-state index contributed by atoms with van der Waals surface area (Å²) in [6, 6.07) is 17.2. The first-order chi connectivity index (χ1) is 12.5. The lowest BCUT2D eigenvalue weighted by Gasteiger charge is -2.11. The molecule has 2 aromatic carbocycles. The standard InChI is InChI=1S/C20H20N2O4.H3N/c1-21-18(23)17(19(24)22(2)20(21)25)12-14-8-10-16(11-9-14)26-13-15-6-4-3-5-7-15;/h3-11,23H,12-13H2,1-2H3;1H3. The van der Waals surface area contributed by atoms with Gasteiger partial charge in [-0.3, -0.25) is 13.9 Å². The summed E-state index contributed by atoms with van der Waals surface area (Å²) in [7, 11) is 2.83. The predicted molar refractivity (Wildman–Crippen MR) is 104 cm³/mol. The molecular formula is C20H23N3O4.